The second-order valence-electron chi connectivity index (χ2n) is 4.06. The largest absolute Gasteiger partial charge is 0.344 e. The number of carbonyl (C=O) groups excluding carboxylic acids is 1. The van der Waals surface area contributed by atoms with Crippen LogP contribution in [0.25, 0.3) is 0 Å². The Balaban J connectivity index is 2.01. The van der Waals surface area contributed by atoms with E-state index in [9.17, 15) is 4.79 Å². The highest BCUT2D eigenvalue weighted by Gasteiger charge is 2.18. The van der Waals surface area contributed by atoms with Gasteiger partial charge < -0.3 is 5.32 Å². The lowest BCUT2D eigenvalue weighted by Crippen LogP contribution is -2.33. The quantitative estimate of drug-likeness (QED) is 0.801. The van der Waals surface area contributed by atoms with Crippen LogP contribution in [0.5, 0.6) is 0 Å². The summed E-state index contributed by atoms with van der Waals surface area (Å²) in [5, 5.41) is 14.5. The van der Waals surface area contributed by atoms with Crippen LogP contribution in [0.2, 0.25) is 0 Å². The monoisotopic (exact) mass is 263 g/mol. The van der Waals surface area contributed by atoms with Gasteiger partial charge >= 0.3 is 0 Å². The molecule has 0 aromatic carbocycles. The van der Waals surface area contributed by atoms with Crippen molar-refractivity contribution in [2.75, 3.05) is 0 Å². The maximum atomic E-state index is 11.9. The molecule has 0 saturated carbocycles. The van der Waals surface area contributed by atoms with Gasteiger partial charge in [0.15, 0.2) is 0 Å². The van der Waals surface area contributed by atoms with E-state index in [0.717, 1.165) is 18.8 Å². The number of aromatic nitrogens is 6. The van der Waals surface area contributed by atoms with Gasteiger partial charge in [-0.3, -0.25) is 4.79 Å². The molecule has 1 N–H and O–H groups in total. The fourth-order valence-corrected chi connectivity index (χ4v) is 1.84. The van der Waals surface area contributed by atoms with Crippen molar-refractivity contribution in [3.8, 4) is 0 Å². The number of carbonyl (C=O) groups is 1. The van der Waals surface area contributed by atoms with Crippen LogP contribution < -0.4 is 5.32 Å². The molecule has 1 amide bonds. The lowest BCUT2D eigenvalue weighted by molar-refractivity contribution is -0.122. The smallest absolute Gasteiger partial charge is 0.242 e. The van der Waals surface area contributed by atoms with Crippen LogP contribution in [0, 0.1) is 0 Å². The number of hydrogen-bond acceptors (Lipinski definition) is 5. The highest BCUT2D eigenvalue weighted by Crippen LogP contribution is 2.13. The van der Waals surface area contributed by atoms with Crippen LogP contribution in [-0.2, 0) is 17.9 Å². The van der Waals surface area contributed by atoms with Gasteiger partial charge in [0.05, 0.1) is 12.2 Å². The molecule has 2 heterocycles. The second-order valence-corrected chi connectivity index (χ2v) is 4.06. The number of hydrogen-bond donors (Lipinski definition) is 1. The second kappa shape index (κ2) is 6.07. The van der Waals surface area contributed by atoms with E-state index in [2.05, 4.69) is 25.7 Å². The third-order valence-electron chi connectivity index (χ3n) is 2.78. The van der Waals surface area contributed by atoms with Gasteiger partial charge in [0.1, 0.15) is 18.7 Å². The Labute approximate surface area is 110 Å². The molecule has 0 aliphatic heterocycles. The van der Waals surface area contributed by atoms with Crippen molar-refractivity contribution in [1.82, 2.24) is 35.1 Å². The zero-order valence-corrected chi connectivity index (χ0v) is 11.0. The number of nitrogens with zero attached hydrogens (tertiary/aromatic N) is 6. The Morgan fingerprint density at radius 3 is 2.95 bits per heavy atom. The van der Waals surface area contributed by atoms with E-state index in [1.165, 1.54) is 17.2 Å². The van der Waals surface area contributed by atoms with Gasteiger partial charge in [0, 0.05) is 12.7 Å². The lowest BCUT2D eigenvalue weighted by atomic mass is 10.2. The van der Waals surface area contributed by atoms with E-state index in [4.69, 9.17) is 0 Å². The molecule has 0 aliphatic carbocycles. The van der Waals surface area contributed by atoms with Gasteiger partial charge in [0.2, 0.25) is 5.91 Å². The van der Waals surface area contributed by atoms with E-state index >= 15 is 0 Å². The average molecular weight is 263 g/mol. The summed E-state index contributed by atoms with van der Waals surface area (Å²) in [6, 6.07) is -0.140. The van der Waals surface area contributed by atoms with Crippen molar-refractivity contribution >= 4 is 5.91 Å². The molecular formula is C11H17N7O. The maximum Gasteiger partial charge on any atom is 0.242 e. The fourth-order valence-electron chi connectivity index (χ4n) is 1.84. The minimum absolute atomic E-state index is 0.122. The molecule has 0 fully saturated rings. The van der Waals surface area contributed by atoms with E-state index in [0.29, 0.717) is 0 Å². The van der Waals surface area contributed by atoms with Gasteiger partial charge in [-0.15, -0.1) is 5.10 Å². The van der Waals surface area contributed by atoms with E-state index in [1.54, 1.807) is 10.9 Å². The molecule has 2 aromatic rings. The molecular weight excluding hydrogens is 246 g/mol. The van der Waals surface area contributed by atoms with Gasteiger partial charge in [-0.05, 0) is 13.3 Å². The third kappa shape index (κ3) is 3.15. The van der Waals surface area contributed by atoms with E-state index < -0.39 is 0 Å². The maximum absolute atomic E-state index is 11.9. The van der Waals surface area contributed by atoms with Gasteiger partial charge in [-0.2, -0.15) is 5.10 Å². The summed E-state index contributed by atoms with van der Waals surface area (Å²) < 4.78 is 3.26. The SMILES string of the molecule is CCC(NC(=O)Cn1ccnn1)c1ncnn1CC. The predicted molar refractivity (Wildman–Crippen MR) is 66.9 cm³/mol. The molecule has 0 spiro atoms. The third-order valence-corrected chi connectivity index (χ3v) is 2.78. The molecule has 0 bridgehead atoms. The number of nitrogens with one attached hydrogen (secondary N) is 1. The van der Waals surface area contributed by atoms with E-state index in [1.807, 2.05) is 13.8 Å². The molecule has 8 nitrogen and oxygen atoms in total. The molecule has 0 radical (unpaired) electrons. The molecule has 1 unspecified atom stereocenters. The van der Waals surface area contributed by atoms with Crippen LogP contribution in [-0.4, -0.2) is 35.7 Å². The Morgan fingerprint density at radius 2 is 2.32 bits per heavy atom. The van der Waals surface area contributed by atoms with Crippen LogP contribution in [0.15, 0.2) is 18.7 Å². The topological polar surface area (TPSA) is 90.5 Å². The van der Waals surface area contributed by atoms with Crippen molar-refractivity contribution in [3.63, 3.8) is 0 Å². The van der Waals surface area contributed by atoms with Crippen molar-refractivity contribution in [2.45, 2.75) is 39.4 Å². The number of amides is 1. The lowest BCUT2D eigenvalue weighted by Gasteiger charge is -2.16. The molecule has 8 heteroatoms. The molecule has 2 aromatic heterocycles. The minimum atomic E-state index is -0.140. The van der Waals surface area contributed by atoms with Gasteiger partial charge in [0.25, 0.3) is 0 Å². The van der Waals surface area contributed by atoms with Crippen molar-refractivity contribution < 1.29 is 4.79 Å². The molecule has 19 heavy (non-hydrogen) atoms. The molecule has 0 saturated heterocycles. The Bertz CT molecular complexity index is 519. The minimum Gasteiger partial charge on any atom is -0.344 e. The van der Waals surface area contributed by atoms with Crippen LogP contribution in [0.4, 0.5) is 0 Å². The molecule has 1 atom stereocenters. The summed E-state index contributed by atoms with van der Waals surface area (Å²) in [5.41, 5.74) is 0. The Morgan fingerprint density at radius 1 is 1.47 bits per heavy atom. The van der Waals surface area contributed by atoms with Crippen molar-refractivity contribution in [2.24, 2.45) is 0 Å². The summed E-state index contributed by atoms with van der Waals surface area (Å²) in [6.45, 7) is 4.86. The summed E-state index contributed by atoms with van der Waals surface area (Å²) in [5.74, 6) is 0.653. The van der Waals surface area contributed by atoms with Crippen LogP contribution >= 0.6 is 0 Å². The molecule has 2 rings (SSSR count). The Kier molecular flexibility index (Phi) is 4.22. The highest BCUT2D eigenvalue weighted by atomic mass is 16.2. The zero-order valence-electron chi connectivity index (χ0n) is 11.0. The molecule has 0 aliphatic rings. The predicted octanol–water partition coefficient (Wildman–Crippen LogP) is 0.157. The first-order valence-corrected chi connectivity index (χ1v) is 6.25. The standard InChI is InChI=1S/C11H17N7O/c1-3-9(11-12-8-14-18(11)4-2)15-10(19)7-17-6-5-13-16-17/h5-6,8-9H,3-4,7H2,1-2H3,(H,15,19). The zero-order chi connectivity index (χ0) is 13.7. The normalized spacial score (nSPS) is 12.3. The van der Waals surface area contributed by atoms with Crippen molar-refractivity contribution in [3.05, 3.63) is 24.5 Å². The fraction of sp³-hybridized carbons (Fsp3) is 0.545. The van der Waals surface area contributed by atoms with Crippen LogP contribution in [0.3, 0.4) is 0 Å². The van der Waals surface area contributed by atoms with Gasteiger partial charge in [-0.25, -0.2) is 14.3 Å². The molecule has 102 valence electrons. The van der Waals surface area contributed by atoms with E-state index in [-0.39, 0.29) is 18.5 Å². The van der Waals surface area contributed by atoms with Crippen LogP contribution in [0.1, 0.15) is 32.1 Å². The average Bonchev–Trinajstić information content (AvgIpc) is 3.06. The summed E-state index contributed by atoms with van der Waals surface area (Å²) in [6.07, 6.45) is 5.44. The summed E-state index contributed by atoms with van der Waals surface area (Å²) in [4.78, 5) is 16.1. The van der Waals surface area contributed by atoms with Crippen molar-refractivity contribution in [1.29, 1.82) is 0 Å². The number of aryl methyl sites for hydroxylation is 1. The number of rotatable bonds is 6. The first-order valence-electron chi connectivity index (χ1n) is 6.25. The first-order chi connectivity index (χ1) is 9.24. The summed E-state index contributed by atoms with van der Waals surface area (Å²) >= 11 is 0. The first kappa shape index (κ1) is 13.2. The summed E-state index contributed by atoms with van der Waals surface area (Å²) in [7, 11) is 0. The van der Waals surface area contributed by atoms with Gasteiger partial charge in [-0.1, -0.05) is 12.1 Å². The highest BCUT2D eigenvalue weighted by molar-refractivity contribution is 5.76. The Hall–Kier alpha value is -2.25.